The van der Waals surface area contributed by atoms with Gasteiger partial charge >= 0.3 is 6.03 Å². The molecule has 0 saturated heterocycles. The molecule has 0 fully saturated rings. The molecule has 126 valence electrons. The number of amides is 2. The normalized spacial score (nSPS) is 14.8. The van der Waals surface area contributed by atoms with Crippen LogP contribution in [-0.2, 0) is 29.5 Å². The van der Waals surface area contributed by atoms with Crippen LogP contribution in [0.2, 0.25) is 0 Å². The zero-order valence-corrected chi connectivity index (χ0v) is 14.4. The van der Waals surface area contributed by atoms with E-state index in [1.165, 1.54) is 11.1 Å². The van der Waals surface area contributed by atoms with Crippen molar-refractivity contribution < 1.29 is 9.00 Å². The van der Waals surface area contributed by atoms with Crippen molar-refractivity contribution in [3.8, 4) is 0 Å². The molecule has 1 unspecified atom stereocenters. The van der Waals surface area contributed by atoms with E-state index in [0.717, 1.165) is 18.5 Å². The molecule has 5 heteroatoms. The van der Waals surface area contributed by atoms with Gasteiger partial charge in [0.1, 0.15) is 0 Å². The van der Waals surface area contributed by atoms with E-state index in [1.807, 2.05) is 47.4 Å². The van der Waals surface area contributed by atoms with Gasteiger partial charge in [0.2, 0.25) is 0 Å². The third kappa shape index (κ3) is 4.45. The maximum atomic E-state index is 12.3. The molecular formula is C19H22N2O2S. The second-order valence-electron chi connectivity index (χ2n) is 5.95. The molecule has 0 aromatic heterocycles. The van der Waals surface area contributed by atoms with E-state index < -0.39 is 10.8 Å². The Balaban J connectivity index is 1.42. The minimum absolute atomic E-state index is 0.0683. The number of rotatable bonds is 5. The fourth-order valence-electron chi connectivity index (χ4n) is 2.88. The largest absolute Gasteiger partial charge is 0.337 e. The third-order valence-electron chi connectivity index (χ3n) is 4.19. The molecule has 0 radical (unpaired) electrons. The summed E-state index contributed by atoms with van der Waals surface area (Å²) in [5.41, 5.74) is 3.60. The molecule has 1 aliphatic rings. The van der Waals surface area contributed by atoms with Gasteiger partial charge in [-0.2, -0.15) is 0 Å². The number of urea groups is 1. The van der Waals surface area contributed by atoms with Crippen LogP contribution in [0.5, 0.6) is 0 Å². The van der Waals surface area contributed by atoms with Gasteiger partial charge in [-0.3, -0.25) is 4.21 Å². The second-order valence-corrected chi connectivity index (χ2v) is 7.52. The van der Waals surface area contributed by atoms with Crippen molar-refractivity contribution in [3.05, 3.63) is 71.3 Å². The van der Waals surface area contributed by atoms with Gasteiger partial charge in [-0.05, 0) is 23.1 Å². The summed E-state index contributed by atoms with van der Waals surface area (Å²) in [4.78, 5) is 14.1. The molecule has 0 bridgehead atoms. The minimum Gasteiger partial charge on any atom is -0.337 e. The molecular weight excluding hydrogens is 320 g/mol. The number of nitrogens with one attached hydrogen (secondary N) is 1. The highest BCUT2D eigenvalue weighted by Gasteiger charge is 2.19. The number of carbonyl (C=O) groups is 1. The van der Waals surface area contributed by atoms with Crippen molar-refractivity contribution >= 4 is 16.8 Å². The summed E-state index contributed by atoms with van der Waals surface area (Å²) in [6, 6.07) is 18.0. The van der Waals surface area contributed by atoms with E-state index in [1.54, 1.807) is 0 Å². The standard InChI is InChI=1S/C19H22N2O2S/c22-19(21-12-10-17-8-4-5-9-18(17)14-21)20-11-13-24(23)15-16-6-2-1-3-7-16/h1-9H,10-15H2,(H,20,22). The molecule has 2 aromatic carbocycles. The molecule has 1 aliphatic heterocycles. The van der Waals surface area contributed by atoms with Crippen LogP contribution >= 0.6 is 0 Å². The van der Waals surface area contributed by atoms with Crippen LogP contribution in [0, 0.1) is 0 Å². The Labute approximate surface area is 145 Å². The van der Waals surface area contributed by atoms with Gasteiger partial charge in [-0.15, -0.1) is 0 Å². The number of hydrogen-bond acceptors (Lipinski definition) is 2. The Morgan fingerprint density at radius 3 is 2.54 bits per heavy atom. The average molecular weight is 342 g/mol. The van der Waals surface area contributed by atoms with Crippen molar-refractivity contribution in [1.29, 1.82) is 0 Å². The van der Waals surface area contributed by atoms with E-state index in [-0.39, 0.29) is 6.03 Å². The molecule has 1 heterocycles. The smallest absolute Gasteiger partial charge is 0.317 e. The van der Waals surface area contributed by atoms with Crippen molar-refractivity contribution in [2.45, 2.75) is 18.7 Å². The SMILES string of the molecule is O=C(NCCS(=O)Cc1ccccc1)N1CCc2ccccc2C1. The number of carbonyl (C=O) groups excluding carboxylic acids is 1. The maximum Gasteiger partial charge on any atom is 0.317 e. The van der Waals surface area contributed by atoms with Crippen LogP contribution in [0.3, 0.4) is 0 Å². The van der Waals surface area contributed by atoms with E-state index >= 15 is 0 Å². The quantitative estimate of drug-likeness (QED) is 0.908. The number of nitrogens with zero attached hydrogens (tertiary/aromatic N) is 1. The molecule has 1 atom stereocenters. The van der Waals surface area contributed by atoms with Crippen LogP contribution < -0.4 is 5.32 Å². The van der Waals surface area contributed by atoms with E-state index in [2.05, 4.69) is 17.4 Å². The molecule has 2 amide bonds. The van der Waals surface area contributed by atoms with Gasteiger partial charge in [0.15, 0.2) is 0 Å². The lowest BCUT2D eigenvalue weighted by molar-refractivity contribution is 0.193. The maximum absolute atomic E-state index is 12.3. The molecule has 0 aliphatic carbocycles. The van der Waals surface area contributed by atoms with Crippen LogP contribution in [0.15, 0.2) is 54.6 Å². The third-order valence-corrected chi connectivity index (χ3v) is 5.51. The van der Waals surface area contributed by atoms with Crippen molar-refractivity contribution in [2.75, 3.05) is 18.8 Å². The summed E-state index contributed by atoms with van der Waals surface area (Å²) in [5, 5.41) is 2.89. The van der Waals surface area contributed by atoms with Gasteiger partial charge in [-0.25, -0.2) is 4.79 Å². The molecule has 1 N–H and O–H groups in total. The summed E-state index contributed by atoms with van der Waals surface area (Å²) in [7, 11) is -0.962. The lowest BCUT2D eigenvalue weighted by atomic mass is 10.0. The van der Waals surface area contributed by atoms with Gasteiger partial charge < -0.3 is 10.2 Å². The lowest BCUT2D eigenvalue weighted by Gasteiger charge is -2.28. The van der Waals surface area contributed by atoms with Crippen molar-refractivity contribution in [2.24, 2.45) is 0 Å². The lowest BCUT2D eigenvalue weighted by Crippen LogP contribution is -2.43. The first-order valence-corrected chi connectivity index (χ1v) is 9.69. The number of hydrogen-bond donors (Lipinski definition) is 1. The summed E-state index contributed by atoms with van der Waals surface area (Å²) >= 11 is 0. The summed E-state index contributed by atoms with van der Waals surface area (Å²) in [6.07, 6.45) is 0.892. The topological polar surface area (TPSA) is 49.4 Å². The zero-order chi connectivity index (χ0) is 16.8. The molecule has 0 spiro atoms. The second kappa shape index (κ2) is 8.11. The molecule has 3 rings (SSSR count). The fourth-order valence-corrected chi connectivity index (χ4v) is 3.92. The van der Waals surface area contributed by atoms with Crippen LogP contribution in [0.25, 0.3) is 0 Å². The summed E-state index contributed by atoms with van der Waals surface area (Å²) in [6.45, 7) is 1.82. The Morgan fingerprint density at radius 1 is 1.04 bits per heavy atom. The Morgan fingerprint density at radius 2 is 1.75 bits per heavy atom. The zero-order valence-electron chi connectivity index (χ0n) is 13.6. The van der Waals surface area contributed by atoms with Crippen molar-refractivity contribution in [3.63, 3.8) is 0 Å². The highest BCUT2D eigenvalue weighted by atomic mass is 32.2. The molecule has 4 nitrogen and oxygen atoms in total. The van der Waals surface area contributed by atoms with E-state index in [4.69, 9.17) is 0 Å². The average Bonchev–Trinajstić information content (AvgIpc) is 2.62. The van der Waals surface area contributed by atoms with Crippen molar-refractivity contribution in [1.82, 2.24) is 10.2 Å². The Bertz CT molecular complexity index is 718. The van der Waals surface area contributed by atoms with Crippen LogP contribution in [0.4, 0.5) is 4.79 Å². The fraction of sp³-hybridized carbons (Fsp3) is 0.316. The number of fused-ring (bicyclic) bond motifs is 1. The van der Waals surface area contributed by atoms with Gasteiger partial charge in [0.05, 0.1) is 0 Å². The Hall–Kier alpha value is -2.14. The summed E-state index contributed by atoms with van der Waals surface area (Å²) < 4.78 is 12.1. The number of benzene rings is 2. The Kier molecular flexibility index (Phi) is 5.64. The highest BCUT2D eigenvalue weighted by molar-refractivity contribution is 7.84. The van der Waals surface area contributed by atoms with Crippen LogP contribution in [0.1, 0.15) is 16.7 Å². The van der Waals surface area contributed by atoms with Gasteiger partial charge in [0.25, 0.3) is 0 Å². The van der Waals surface area contributed by atoms with E-state index in [9.17, 15) is 9.00 Å². The first-order chi connectivity index (χ1) is 11.7. The van der Waals surface area contributed by atoms with Gasteiger partial charge in [0, 0.05) is 41.9 Å². The monoisotopic (exact) mass is 342 g/mol. The highest BCUT2D eigenvalue weighted by Crippen LogP contribution is 2.18. The first kappa shape index (κ1) is 16.7. The molecule has 2 aromatic rings. The predicted molar refractivity (Wildman–Crippen MR) is 97.1 cm³/mol. The van der Waals surface area contributed by atoms with E-state index in [0.29, 0.717) is 24.6 Å². The van der Waals surface area contributed by atoms with Crippen LogP contribution in [-0.4, -0.2) is 34.0 Å². The first-order valence-electron chi connectivity index (χ1n) is 8.21. The predicted octanol–water partition coefficient (Wildman–Crippen LogP) is 2.70. The molecule has 0 saturated carbocycles. The molecule has 24 heavy (non-hydrogen) atoms. The van der Waals surface area contributed by atoms with Gasteiger partial charge in [-0.1, -0.05) is 54.6 Å². The summed E-state index contributed by atoms with van der Waals surface area (Å²) in [5.74, 6) is 1.01. The minimum atomic E-state index is -0.962.